The van der Waals surface area contributed by atoms with Crippen molar-refractivity contribution in [2.45, 2.75) is 0 Å². The second-order valence-electron chi connectivity index (χ2n) is 3.23. The van der Waals surface area contributed by atoms with Crippen LogP contribution in [0.4, 0.5) is 11.5 Å². The largest absolute Gasteiger partial charge is 0.434 e. The molecule has 0 aliphatic rings. The fourth-order valence-corrected chi connectivity index (χ4v) is 1.64. The van der Waals surface area contributed by atoms with Crippen molar-refractivity contribution in [2.75, 3.05) is 5.73 Å². The maximum atomic E-state index is 10.9. The molecular weight excluding hydrogens is 304 g/mol. The number of nitrogen functional groups attached to an aromatic ring is 1. The molecule has 0 fully saturated rings. The van der Waals surface area contributed by atoms with Crippen LogP contribution in [0.25, 0.3) is 0 Å². The van der Waals surface area contributed by atoms with Gasteiger partial charge in [0.25, 0.3) is 0 Å². The molecular formula is C10H7BrN4O3. The minimum absolute atomic E-state index is 0.189. The SMILES string of the molecule is Nc1ncnc(Oc2cccc(Br)c2)c1[N+](=O)[O-]. The van der Waals surface area contributed by atoms with Crippen molar-refractivity contribution in [2.24, 2.45) is 0 Å². The second kappa shape index (κ2) is 4.96. The Morgan fingerprint density at radius 3 is 2.83 bits per heavy atom. The number of rotatable bonds is 3. The van der Waals surface area contributed by atoms with Crippen LogP contribution in [0.5, 0.6) is 11.6 Å². The zero-order valence-electron chi connectivity index (χ0n) is 8.91. The molecule has 0 bridgehead atoms. The molecule has 92 valence electrons. The quantitative estimate of drug-likeness (QED) is 0.690. The molecule has 0 radical (unpaired) electrons. The molecule has 0 spiro atoms. The number of hydrogen-bond donors (Lipinski definition) is 1. The van der Waals surface area contributed by atoms with Crippen LogP contribution in [0.1, 0.15) is 0 Å². The average molecular weight is 311 g/mol. The number of anilines is 1. The van der Waals surface area contributed by atoms with E-state index in [4.69, 9.17) is 10.5 Å². The Hall–Kier alpha value is -2.22. The molecule has 0 atom stereocenters. The molecule has 1 aromatic carbocycles. The first-order valence-corrected chi connectivity index (χ1v) is 5.55. The van der Waals surface area contributed by atoms with Gasteiger partial charge in [-0.15, -0.1) is 0 Å². The van der Waals surface area contributed by atoms with Crippen LogP contribution in [0.3, 0.4) is 0 Å². The molecule has 0 saturated carbocycles. The van der Waals surface area contributed by atoms with E-state index >= 15 is 0 Å². The van der Waals surface area contributed by atoms with Crippen molar-refractivity contribution in [3.05, 3.63) is 45.2 Å². The zero-order chi connectivity index (χ0) is 13.1. The minimum atomic E-state index is -0.678. The van der Waals surface area contributed by atoms with Crippen LogP contribution in [0.15, 0.2) is 35.1 Å². The number of halogens is 1. The van der Waals surface area contributed by atoms with E-state index in [-0.39, 0.29) is 11.7 Å². The van der Waals surface area contributed by atoms with Crippen molar-refractivity contribution in [1.29, 1.82) is 0 Å². The van der Waals surface area contributed by atoms with Gasteiger partial charge < -0.3 is 10.5 Å². The number of hydrogen-bond acceptors (Lipinski definition) is 6. The highest BCUT2D eigenvalue weighted by Crippen LogP contribution is 2.32. The van der Waals surface area contributed by atoms with Crippen molar-refractivity contribution >= 4 is 27.4 Å². The molecule has 0 aliphatic heterocycles. The predicted octanol–water partition coefficient (Wildman–Crippen LogP) is 2.52. The lowest BCUT2D eigenvalue weighted by Gasteiger charge is -2.05. The van der Waals surface area contributed by atoms with Gasteiger partial charge in [-0.25, -0.2) is 4.98 Å². The Balaban J connectivity index is 2.40. The molecule has 7 nitrogen and oxygen atoms in total. The summed E-state index contributed by atoms with van der Waals surface area (Å²) in [7, 11) is 0. The third kappa shape index (κ3) is 2.54. The molecule has 0 aliphatic carbocycles. The highest BCUT2D eigenvalue weighted by Gasteiger charge is 2.22. The summed E-state index contributed by atoms with van der Waals surface area (Å²) in [6.45, 7) is 0. The summed E-state index contributed by atoms with van der Waals surface area (Å²) >= 11 is 3.27. The molecule has 2 aromatic rings. The maximum Gasteiger partial charge on any atom is 0.372 e. The van der Waals surface area contributed by atoms with Gasteiger partial charge in [-0.2, -0.15) is 4.98 Å². The average Bonchev–Trinajstić information content (AvgIpc) is 2.28. The number of aromatic nitrogens is 2. The smallest absolute Gasteiger partial charge is 0.372 e. The molecule has 8 heteroatoms. The van der Waals surface area contributed by atoms with Crippen LogP contribution < -0.4 is 10.5 Å². The predicted molar refractivity (Wildman–Crippen MR) is 67.3 cm³/mol. The summed E-state index contributed by atoms with van der Waals surface area (Å²) < 4.78 is 6.11. The van der Waals surface area contributed by atoms with Gasteiger partial charge in [-0.05, 0) is 18.2 Å². The highest BCUT2D eigenvalue weighted by atomic mass is 79.9. The second-order valence-corrected chi connectivity index (χ2v) is 4.14. The Morgan fingerprint density at radius 1 is 1.39 bits per heavy atom. The molecule has 2 rings (SSSR count). The summed E-state index contributed by atoms with van der Waals surface area (Å²) in [5.74, 6) is -0.0174. The number of ether oxygens (including phenoxy) is 1. The van der Waals surface area contributed by atoms with Crippen LogP contribution in [-0.2, 0) is 0 Å². The Morgan fingerprint density at radius 2 is 2.17 bits per heavy atom. The Bertz CT molecular complexity index is 605. The highest BCUT2D eigenvalue weighted by molar-refractivity contribution is 9.10. The van der Waals surface area contributed by atoms with Crippen molar-refractivity contribution in [3.63, 3.8) is 0 Å². The van der Waals surface area contributed by atoms with Crippen LogP contribution in [-0.4, -0.2) is 14.9 Å². The van der Waals surface area contributed by atoms with E-state index in [2.05, 4.69) is 25.9 Å². The topological polar surface area (TPSA) is 104 Å². The molecule has 0 saturated heterocycles. The van der Waals surface area contributed by atoms with E-state index in [9.17, 15) is 10.1 Å². The molecule has 1 heterocycles. The van der Waals surface area contributed by atoms with Gasteiger partial charge >= 0.3 is 11.6 Å². The summed E-state index contributed by atoms with van der Waals surface area (Å²) in [5, 5.41) is 10.9. The molecule has 18 heavy (non-hydrogen) atoms. The fraction of sp³-hybridized carbons (Fsp3) is 0. The maximum absolute atomic E-state index is 10.9. The van der Waals surface area contributed by atoms with Gasteiger partial charge in [-0.3, -0.25) is 10.1 Å². The van der Waals surface area contributed by atoms with Crippen molar-refractivity contribution in [3.8, 4) is 11.6 Å². The fourth-order valence-electron chi connectivity index (χ4n) is 1.26. The Kier molecular flexibility index (Phi) is 3.38. The first kappa shape index (κ1) is 12.2. The van der Waals surface area contributed by atoms with E-state index in [0.29, 0.717) is 5.75 Å². The van der Waals surface area contributed by atoms with Gasteiger partial charge in [0.05, 0.1) is 4.92 Å². The zero-order valence-corrected chi connectivity index (χ0v) is 10.5. The van der Waals surface area contributed by atoms with Gasteiger partial charge in [0, 0.05) is 4.47 Å². The van der Waals surface area contributed by atoms with Crippen LogP contribution in [0, 0.1) is 10.1 Å². The molecule has 0 unspecified atom stereocenters. The number of benzene rings is 1. The van der Waals surface area contributed by atoms with Gasteiger partial charge in [0.15, 0.2) is 0 Å². The summed E-state index contributed by atoms with van der Waals surface area (Å²) in [6.07, 6.45) is 1.11. The van der Waals surface area contributed by atoms with E-state index in [1.807, 2.05) is 0 Å². The first-order valence-electron chi connectivity index (χ1n) is 4.76. The number of nitrogens with zero attached hydrogens (tertiary/aromatic N) is 3. The Labute approximate surface area is 110 Å². The van der Waals surface area contributed by atoms with Gasteiger partial charge in [0.1, 0.15) is 12.1 Å². The third-order valence-corrected chi connectivity index (χ3v) is 2.50. The van der Waals surface area contributed by atoms with Crippen molar-refractivity contribution < 1.29 is 9.66 Å². The standard InChI is InChI=1S/C10H7BrN4O3/c11-6-2-1-3-7(4-6)18-10-8(15(16)17)9(12)13-5-14-10/h1-5H,(H2,12,13,14). The van der Waals surface area contributed by atoms with Crippen molar-refractivity contribution in [1.82, 2.24) is 9.97 Å². The third-order valence-electron chi connectivity index (χ3n) is 2.01. The first-order chi connectivity index (χ1) is 8.58. The number of nitrogens with two attached hydrogens (primary N) is 1. The van der Waals surface area contributed by atoms with E-state index in [0.717, 1.165) is 10.8 Å². The molecule has 2 N–H and O–H groups in total. The monoisotopic (exact) mass is 310 g/mol. The summed E-state index contributed by atoms with van der Waals surface area (Å²) in [4.78, 5) is 17.4. The van der Waals surface area contributed by atoms with Crippen LogP contribution >= 0.6 is 15.9 Å². The van der Waals surface area contributed by atoms with Crippen LogP contribution in [0.2, 0.25) is 0 Å². The normalized spacial score (nSPS) is 10.1. The lowest BCUT2D eigenvalue weighted by Crippen LogP contribution is -2.02. The lowest BCUT2D eigenvalue weighted by atomic mass is 10.3. The number of nitro groups is 1. The molecule has 0 amide bonds. The van der Waals surface area contributed by atoms with E-state index in [1.54, 1.807) is 24.3 Å². The summed E-state index contributed by atoms with van der Waals surface area (Å²) in [6, 6.07) is 6.83. The van der Waals surface area contributed by atoms with Gasteiger partial charge in [0.2, 0.25) is 5.82 Å². The summed E-state index contributed by atoms with van der Waals surface area (Å²) in [5.41, 5.74) is 4.98. The lowest BCUT2D eigenvalue weighted by molar-refractivity contribution is -0.385. The minimum Gasteiger partial charge on any atom is -0.434 e. The van der Waals surface area contributed by atoms with E-state index in [1.165, 1.54) is 0 Å². The molecule has 1 aromatic heterocycles. The van der Waals surface area contributed by atoms with Gasteiger partial charge in [-0.1, -0.05) is 22.0 Å². The van der Waals surface area contributed by atoms with E-state index < -0.39 is 10.6 Å².